The summed E-state index contributed by atoms with van der Waals surface area (Å²) in [5.74, 6) is -0.969. The fourth-order valence-corrected chi connectivity index (χ4v) is 2.23. The Morgan fingerprint density at radius 2 is 2.00 bits per heavy atom. The van der Waals surface area contributed by atoms with E-state index in [1.54, 1.807) is 39.0 Å². The second-order valence-electron chi connectivity index (χ2n) is 5.72. The molecular weight excluding hydrogens is 338 g/mol. The molecule has 0 radical (unpaired) electrons. The number of carbonyl (C=O) groups is 2. The monoisotopic (exact) mass is 357 g/mol. The third kappa shape index (κ3) is 5.38. The fraction of sp³-hybridized carbons (Fsp3) is 0.467. The topological polar surface area (TPSA) is 75.6 Å². The number of amides is 1. The van der Waals surface area contributed by atoms with E-state index < -0.39 is 17.7 Å². The third-order valence-electron chi connectivity index (χ3n) is 2.74. The first-order chi connectivity index (χ1) is 9.64. The van der Waals surface area contributed by atoms with Crippen LogP contribution in [0.3, 0.4) is 0 Å². The first-order valence-electron chi connectivity index (χ1n) is 6.55. The molecule has 1 rings (SSSR count). The van der Waals surface area contributed by atoms with E-state index in [-0.39, 0.29) is 11.6 Å². The van der Waals surface area contributed by atoms with Crippen molar-refractivity contribution in [3.63, 3.8) is 0 Å². The highest BCUT2D eigenvalue weighted by molar-refractivity contribution is 9.08. The summed E-state index contributed by atoms with van der Waals surface area (Å²) in [4.78, 5) is 22.8. The maximum atomic E-state index is 11.7. The molecule has 1 aromatic rings. The van der Waals surface area contributed by atoms with E-state index in [0.29, 0.717) is 10.9 Å². The van der Waals surface area contributed by atoms with Gasteiger partial charge in [0.2, 0.25) is 0 Å². The number of alkyl carbamates (subject to hydrolysis) is 1. The highest BCUT2D eigenvalue weighted by Crippen LogP contribution is 2.20. The first-order valence-corrected chi connectivity index (χ1v) is 7.68. The van der Waals surface area contributed by atoms with E-state index in [2.05, 4.69) is 21.2 Å². The van der Waals surface area contributed by atoms with Crippen LogP contribution in [-0.4, -0.2) is 22.8 Å². The standard InChI is InChI=1S/C15H20BrNO4/c1-9(17-14(20)21-15(2,3)4)10-5-6-12(13(18)19)11(7-10)8-16/h5-7,9H,8H2,1-4H3,(H,17,20)(H,18,19)/t9-/m0/s1. The molecular formula is C15H20BrNO4. The normalized spacial score (nSPS) is 12.6. The van der Waals surface area contributed by atoms with E-state index in [1.165, 1.54) is 0 Å². The molecule has 0 aromatic heterocycles. The molecule has 0 bridgehead atoms. The Balaban J connectivity index is 2.86. The molecule has 0 unspecified atom stereocenters. The number of carbonyl (C=O) groups excluding carboxylic acids is 1. The Hall–Kier alpha value is -1.56. The number of hydrogen-bond donors (Lipinski definition) is 2. The average molecular weight is 358 g/mol. The van der Waals surface area contributed by atoms with Crippen molar-refractivity contribution in [3.05, 3.63) is 34.9 Å². The van der Waals surface area contributed by atoms with Gasteiger partial charge < -0.3 is 15.2 Å². The summed E-state index contributed by atoms with van der Waals surface area (Å²) in [6, 6.07) is 4.72. The molecule has 0 spiro atoms. The number of ether oxygens (including phenoxy) is 1. The van der Waals surface area contributed by atoms with Crippen LogP contribution >= 0.6 is 15.9 Å². The molecule has 0 aliphatic rings. The van der Waals surface area contributed by atoms with Gasteiger partial charge in [-0.3, -0.25) is 0 Å². The van der Waals surface area contributed by atoms with Crippen LogP contribution in [0.15, 0.2) is 18.2 Å². The molecule has 1 aromatic carbocycles. The average Bonchev–Trinajstić information content (AvgIpc) is 2.35. The highest BCUT2D eigenvalue weighted by atomic mass is 79.9. The second-order valence-corrected chi connectivity index (χ2v) is 6.28. The number of nitrogens with one attached hydrogen (secondary N) is 1. The van der Waals surface area contributed by atoms with Gasteiger partial charge in [0.1, 0.15) is 5.60 Å². The van der Waals surface area contributed by atoms with Gasteiger partial charge in [0.15, 0.2) is 0 Å². The van der Waals surface area contributed by atoms with Gasteiger partial charge in [0.25, 0.3) is 0 Å². The lowest BCUT2D eigenvalue weighted by Gasteiger charge is -2.22. The van der Waals surface area contributed by atoms with Crippen molar-refractivity contribution in [2.24, 2.45) is 0 Å². The Morgan fingerprint density at radius 3 is 2.48 bits per heavy atom. The van der Waals surface area contributed by atoms with Crippen LogP contribution in [-0.2, 0) is 10.1 Å². The number of rotatable bonds is 4. The molecule has 0 aliphatic carbocycles. The van der Waals surface area contributed by atoms with Gasteiger partial charge in [-0.2, -0.15) is 0 Å². The lowest BCUT2D eigenvalue weighted by atomic mass is 10.0. The lowest BCUT2D eigenvalue weighted by molar-refractivity contribution is 0.0507. The summed E-state index contributed by atoms with van der Waals surface area (Å²) >= 11 is 3.28. The second kappa shape index (κ2) is 6.93. The Morgan fingerprint density at radius 1 is 1.38 bits per heavy atom. The van der Waals surface area contributed by atoms with Crippen molar-refractivity contribution in [1.29, 1.82) is 0 Å². The van der Waals surface area contributed by atoms with Gasteiger partial charge >= 0.3 is 12.1 Å². The van der Waals surface area contributed by atoms with E-state index in [9.17, 15) is 9.59 Å². The Bertz CT molecular complexity index is 537. The Labute approximate surface area is 132 Å². The molecule has 6 heteroatoms. The van der Waals surface area contributed by atoms with Crippen LogP contribution in [0, 0.1) is 0 Å². The zero-order valence-electron chi connectivity index (χ0n) is 12.6. The van der Waals surface area contributed by atoms with Crippen LogP contribution in [0.4, 0.5) is 4.79 Å². The number of halogens is 1. The minimum atomic E-state index is -0.969. The molecule has 0 fully saturated rings. The van der Waals surface area contributed by atoms with Gasteiger partial charge in [-0.1, -0.05) is 28.1 Å². The molecule has 0 aliphatic heterocycles. The lowest BCUT2D eigenvalue weighted by Crippen LogP contribution is -2.34. The fourth-order valence-electron chi connectivity index (χ4n) is 1.77. The first kappa shape index (κ1) is 17.5. The van der Waals surface area contributed by atoms with Gasteiger partial charge in [-0.15, -0.1) is 0 Å². The van der Waals surface area contributed by atoms with E-state index in [0.717, 1.165) is 5.56 Å². The van der Waals surface area contributed by atoms with Crippen LogP contribution < -0.4 is 5.32 Å². The van der Waals surface area contributed by atoms with Crippen molar-refractivity contribution >= 4 is 28.0 Å². The number of benzene rings is 1. The molecule has 0 saturated carbocycles. The summed E-state index contributed by atoms with van der Waals surface area (Å²) in [6.07, 6.45) is -0.502. The number of carboxylic acids is 1. The van der Waals surface area contributed by atoms with Gasteiger partial charge in [0, 0.05) is 5.33 Å². The predicted octanol–water partition coefficient (Wildman–Crippen LogP) is 3.87. The van der Waals surface area contributed by atoms with Crippen molar-refractivity contribution in [1.82, 2.24) is 5.32 Å². The number of carboxylic acid groups (broad SMARTS) is 1. The van der Waals surface area contributed by atoms with Gasteiger partial charge in [0.05, 0.1) is 11.6 Å². The third-order valence-corrected chi connectivity index (χ3v) is 3.34. The van der Waals surface area contributed by atoms with E-state index >= 15 is 0 Å². The maximum absolute atomic E-state index is 11.7. The van der Waals surface area contributed by atoms with Crippen LogP contribution in [0.5, 0.6) is 0 Å². The SMILES string of the molecule is C[C@H](NC(=O)OC(C)(C)C)c1ccc(C(=O)O)c(CBr)c1. The van der Waals surface area contributed by atoms with E-state index in [1.807, 2.05) is 6.92 Å². The summed E-state index contributed by atoms with van der Waals surface area (Å²) < 4.78 is 5.19. The van der Waals surface area contributed by atoms with Gasteiger partial charge in [-0.25, -0.2) is 9.59 Å². The molecule has 116 valence electrons. The van der Waals surface area contributed by atoms with Crippen LogP contribution in [0.25, 0.3) is 0 Å². The van der Waals surface area contributed by atoms with Crippen molar-refractivity contribution < 1.29 is 19.4 Å². The largest absolute Gasteiger partial charge is 0.478 e. The zero-order chi connectivity index (χ0) is 16.2. The molecule has 0 saturated heterocycles. The maximum Gasteiger partial charge on any atom is 0.408 e. The van der Waals surface area contributed by atoms with Crippen LogP contribution in [0.1, 0.15) is 55.2 Å². The number of aromatic carboxylic acids is 1. The molecule has 0 heterocycles. The quantitative estimate of drug-likeness (QED) is 0.802. The highest BCUT2D eigenvalue weighted by Gasteiger charge is 2.19. The van der Waals surface area contributed by atoms with Crippen molar-refractivity contribution in [2.75, 3.05) is 0 Å². The summed E-state index contributed by atoms with van der Waals surface area (Å²) in [7, 11) is 0. The molecule has 21 heavy (non-hydrogen) atoms. The molecule has 2 N–H and O–H groups in total. The number of hydrogen-bond acceptors (Lipinski definition) is 3. The summed E-state index contributed by atoms with van der Waals surface area (Å²) in [5.41, 5.74) is 1.18. The molecule has 1 atom stereocenters. The Kier molecular flexibility index (Phi) is 5.78. The smallest absolute Gasteiger partial charge is 0.408 e. The van der Waals surface area contributed by atoms with Gasteiger partial charge in [-0.05, 0) is 44.9 Å². The van der Waals surface area contributed by atoms with Crippen molar-refractivity contribution in [2.45, 2.75) is 44.7 Å². The predicted molar refractivity (Wildman–Crippen MR) is 83.8 cm³/mol. The number of alkyl halides is 1. The summed E-state index contributed by atoms with van der Waals surface area (Å²) in [6.45, 7) is 7.20. The summed E-state index contributed by atoms with van der Waals surface area (Å²) in [5, 5.41) is 12.2. The minimum Gasteiger partial charge on any atom is -0.478 e. The minimum absolute atomic E-state index is 0.250. The molecule has 1 amide bonds. The zero-order valence-corrected chi connectivity index (χ0v) is 14.2. The van der Waals surface area contributed by atoms with E-state index in [4.69, 9.17) is 9.84 Å². The van der Waals surface area contributed by atoms with Crippen molar-refractivity contribution in [3.8, 4) is 0 Å². The molecule has 5 nitrogen and oxygen atoms in total. The van der Waals surface area contributed by atoms with Crippen LogP contribution in [0.2, 0.25) is 0 Å².